The van der Waals surface area contributed by atoms with Crippen LogP contribution in [0.2, 0.25) is 10.0 Å². The normalized spacial score (nSPS) is 12.1. The number of nitrogens with one attached hydrogen (secondary N) is 1. The minimum atomic E-state index is -4.20. The number of amides is 2. The van der Waals surface area contributed by atoms with Crippen LogP contribution < -0.4 is 14.4 Å². The van der Waals surface area contributed by atoms with Crippen molar-refractivity contribution in [2.45, 2.75) is 50.7 Å². The van der Waals surface area contributed by atoms with Gasteiger partial charge in [-0.3, -0.25) is 13.9 Å². The molecule has 11 heteroatoms. The Labute approximate surface area is 245 Å². The molecule has 1 N–H and O–H groups in total. The Bertz CT molecular complexity index is 1420. The van der Waals surface area contributed by atoms with E-state index in [1.807, 2.05) is 13.8 Å². The molecule has 0 heterocycles. The van der Waals surface area contributed by atoms with Crippen LogP contribution in [0.15, 0.2) is 77.7 Å². The fraction of sp³-hybridized carbons (Fsp3) is 0.310. The fourth-order valence-corrected chi connectivity index (χ4v) is 5.84. The van der Waals surface area contributed by atoms with Crippen LogP contribution in [0.5, 0.6) is 5.75 Å². The van der Waals surface area contributed by atoms with Gasteiger partial charge in [-0.05, 0) is 68.3 Å². The fourth-order valence-electron chi connectivity index (χ4n) is 4.12. The van der Waals surface area contributed by atoms with Gasteiger partial charge in [-0.15, -0.1) is 0 Å². The number of halogens is 2. The van der Waals surface area contributed by atoms with Crippen molar-refractivity contribution in [3.63, 3.8) is 0 Å². The predicted molar refractivity (Wildman–Crippen MR) is 158 cm³/mol. The summed E-state index contributed by atoms with van der Waals surface area (Å²) >= 11 is 12.3. The van der Waals surface area contributed by atoms with E-state index in [-0.39, 0.29) is 39.1 Å². The molecule has 8 nitrogen and oxygen atoms in total. The van der Waals surface area contributed by atoms with Crippen LogP contribution in [0, 0.1) is 0 Å². The van der Waals surface area contributed by atoms with Crippen molar-refractivity contribution in [1.29, 1.82) is 0 Å². The summed E-state index contributed by atoms with van der Waals surface area (Å²) in [7, 11) is -2.64. The first kappa shape index (κ1) is 31.3. The summed E-state index contributed by atoms with van der Waals surface area (Å²) in [5.41, 5.74) is 0.910. The molecule has 214 valence electrons. The maximum Gasteiger partial charge on any atom is 0.264 e. The molecule has 0 spiro atoms. The number of methoxy groups -OCH3 is 1. The van der Waals surface area contributed by atoms with Gasteiger partial charge in [0.2, 0.25) is 11.8 Å². The van der Waals surface area contributed by atoms with Crippen molar-refractivity contribution >= 4 is 50.7 Å². The van der Waals surface area contributed by atoms with Gasteiger partial charge < -0.3 is 15.0 Å². The van der Waals surface area contributed by atoms with E-state index in [1.165, 1.54) is 35.2 Å². The lowest BCUT2D eigenvalue weighted by molar-refractivity contribution is -0.140. The van der Waals surface area contributed by atoms with E-state index < -0.39 is 28.5 Å². The third kappa shape index (κ3) is 7.68. The zero-order valence-corrected chi connectivity index (χ0v) is 25.1. The molecular formula is C29H33Cl2N3O5S. The first-order valence-corrected chi connectivity index (χ1v) is 14.9. The first-order chi connectivity index (χ1) is 19.0. The molecule has 0 saturated carbocycles. The zero-order chi connectivity index (χ0) is 29.4. The Morgan fingerprint density at radius 1 is 0.950 bits per heavy atom. The molecule has 0 unspecified atom stereocenters. The third-order valence-electron chi connectivity index (χ3n) is 6.13. The molecule has 0 aliphatic carbocycles. The second kappa shape index (κ2) is 13.9. The summed E-state index contributed by atoms with van der Waals surface area (Å²) in [6.45, 7) is 4.97. The second-order valence-electron chi connectivity index (χ2n) is 9.38. The van der Waals surface area contributed by atoms with Gasteiger partial charge in [-0.25, -0.2) is 8.42 Å². The third-order valence-corrected chi connectivity index (χ3v) is 8.66. The predicted octanol–water partition coefficient (Wildman–Crippen LogP) is 5.53. The Hall–Kier alpha value is -3.27. The van der Waals surface area contributed by atoms with Crippen LogP contribution in [0.1, 0.15) is 32.8 Å². The highest BCUT2D eigenvalue weighted by Crippen LogP contribution is 2.31. The molecule has 3 aromatic rings. The number of carbonyl (C=O) groups excluding carboxylic acids is 2. The average Bonchev–Trinajstić information content (AvgIpc) is 2.93. The van der Waals surface area contributed by atoms with Crippen LogP contribution >= 0.6 is 23.2 Å². The van der Waals surface area contributed by atoms with Gasteiger partial charge >= 0.3 is 0 Å². The lowest BCUT2D eigenvalue weighted by Crippen LogP contribution is -2.53. The standard InChI is InChI=1S/C29H33Cl2N3O5S/c1-5-27(29(36)32-20(2)3)33(18-21-11-14-23(39-4)15-12-21)28(35)19-34(22-13-16-25(30)26(31)17-22)40(37,38)24-9-7-6-8-10-24/h6-17,20,27H,5,18-19H2,1-4H3,(H,32,36)/t27-/m1/s1. The van der Waals surface area contributed by atoms with Crippen LogP contribution in [0.3, 0.4) is 0 Å². The molecule has 0 aromatic heterocycles. The van der Waals surface area contributed by atoms with E-state index >= 15 is 0 Å². The molecule has 0 saturated heterocycles. The van der Waals surface area contributed by atoms with Gasteiger partial charge in [0.1, 0.15) is 18.3 Å². The first-order valence-electron chi connectivity index (χ1n) is 12.7. The summed E-state index contributed by atoms with van der Waals surface area (Å²) in [5, 5.41) is 3.25. The van der Waals surface area contributed by atoms with Crippen molar-refractivity contribution in [2.75, 3.05) is 18.0 Å². The number of sulfonamides is 1. The summed E-state index contributed by atoms with van der Waals surface area (Å²) in [6, 6.07) is 18.3. The Kier molecular flexibility index (Phi) is 10.8. The highest BCUT2D eigenvalue weighted by Gasteiger charge is 2.34. The molecule has 0 radical (unpaired) electrons. The minimum Gasteiger partial charge on any atom is -0.497 e. The number of rotatable bonds is 12. The molecule has 0 aliphatic heterocycles. The lowest BCUT2D eigenvalue weighted by atomic mass is 10.1. The van der Waals surface area contributed by atoms with Gasteiger partial charge in [0, 0.05) is 12.6 Å². The van der Waals surface area contributed by atoms with Crippen LogP contribution in [-0.2, 0) is 26.2 Å². The van der Waals surface area contributed by atoms with Crippen LogP contribution in [-0.4, -0.2) is 50.9 Å². The van der Waals surface area contributed by atoms with Crippen LogP contribution in [0.4, 0.5) is 5.69 Å². The Balaban J connectivity index is 2.07. The van der Waals surface area contributed by atoms with Gasteiger partial charge in [0.15, 0.2) is 0 Å². The average molecular weight is 607 g/mol. The Morgan fingerprint density at radius 2 is 1.60 bits per heavy atom. The van der Waals surface area contributed by atoms with Gasteiger partial charge in [0.05, 0.1) is 27.7 Å². The van der Waals surface area contributed by atoms with Crippen molar-refractivity contribution in [3.05, 3.63) is 88.4 Å². The summed E-state index contributed by atoms with van der Waals surface area (Å²) in [4.78, 5) is 28.6. The van der Waals surface area contributed by atoms with Crippen LogP contribution in [0.25, 0.3) is 0 Å². The topological polar surface area (TPSA) is 96.0 Å². The number of hydrogen-bond donors (Lipinski definition) is 1. The number of benzene rings is 3. The molecule has 40 heavy (non-hydrogen) atoms. The maximum atomic E-state index is 14.0. The highest BCUT2D eigenvalue weighted by atomic mass is 35.5. The van der Waals surface area contributed by atoms with Gasteiger partial charge in [0.25, 0.3) is 10.0 Å². The molecule has 2 amide bonds. The number of anilines is 1. The number of ether oxygens (including phenoxy) is 1. The monoisotopic (exact) mass is 605 g/mol. The number of carbonyl (C=O) groups is 2. The van der Waals surface area contributed by atoms with E-state index in [1.54, 1.807) is 56.5 Å². The van der Waals surface area contributed by atoms with E-state index in [0.717, 1.165) is 9.87 Å². The highest BCUT2D eigenvalue weighted by molar-refractivity contribution is 7.92. The molecule has 0 fully saturated rings. The van der Waals surface area contributed by atoms with E-state index in [9.17, 15) is 18.0 Å². The minimum absolute atomic E-state index is 0.000157. The molecule has 0 aliphatic rings. The number of hydrogen-bond acceptors (Lipinski definition) is 5. The zero-order valence-electron chi connectivity index (χ0n) is 22.8. The van der Waals surface area contributed by atoms with Gasteiger partial charge in [-0.2, -0.15) is 0 Å². The van der Waals surface area contributed by atoms with Crippen molar-refractivity contribution in [1.82, 2.24) is 10.2 Å². The molecule has 1 atom stereocenters. The largest absolute Gasteiger partial charge is 0.497 e. The van der Waals surface area contributed by atoms with Gasteiger partial charge in [-0.1, -0.05) is 60.5 Å². The summed E-state index contributed by atoms with van der Waals surface area (Å²) in [5.74, 6) is -0.246. The molecule has 0 bridgehead atoms. The summed E-state index contributed by atoms with van der Waals surface area (Å²) < 4.78 is 33.9. The lowest BCUT2D eigenvalue weighted by Gasteiger charge is -2.33. The Morgan fingerprint density at radius 3 is 2.15 bits per heavy atom. The quantitative estimate of drug-likeness (QED) is 0.293. The molecule has 3 rings (SSSR count). The smallest absolute Gasteiger partial charge is 0.264 e. The van der Waals surface area contributed by atoms with Crippen molar-refractivity contribution < 1.29 is 22.7 Å². The van der Waals surface area contributed by atoms with E-state index in [2.05, 4.69) is 5.32 Å². The number of nitrogens with zero attached hydrogens (tertiary/aromatic N) is 2. The molecule has 3 aromatic carbocycles. The SMILES string of the molecule is CC[C@H](C(=O)NC(C)C)N(Cc1ccc(OC)cc1)C(=O)CN(c1ccc(Cl)c(Cl)c1)S(=O)(=O)c1ccccc1. The molecular weight excluding hydrogens is 573 g/mol. The van der Waals surface area contributed by atoms with E-state index in [0.29, 0.717) is 12.2 Å². The van der Waals surface area contributed by atoms with E-state index in [4.69, 9.17) is 27.9 Å². The second-order valence-corrected chi connectivity index (χ2v) is 12.1. The maximum absolute atomic E-state index is 14.0. The van der Waals surface area contributed by atoms with Crippen molar-refractivity contribution in [3.8, 4) is 5.75 Å². The van der Waals surface area contributed by atoms with Crippen molar-refractivity contribution in [2.24, 2.45) is 0 Å². The summed E-state index contributed by atoms with van der Waals surface area (Å²) in [6.07, 6.45) is 0.318.